The van der Waals surface area contributed by atoms with Crippen LogP contribution in [0.25, 0.3) is 0 Å². The summed E-state index contributed by atoms with van der Waals surface area (Å²) >= 11 is 0. The highest BCUT2D eigenvalue weighted by atomic mass is 28.4. The van der Waals surface area contributed by atoms with Crippen molar-refractivity contribution in [1.82, 2.24) is 0 Å². The van der Waals surface area contributed by atoms with E-state index in [1.165, 1.54) is 0 Å². The third-order valence-corrected chi connectivity index (χ3v) is 8.46. The Bertz CT molecular complexity index is 384. The molecule has 0 saturated carbocycles. The van der Waals surface area contributed by atoms with Crippen molar-refractivity contribution in [3.63, 3.8) is 0 Å². The molecule has 1 rings (SSSR count). The van der Waals surface area contributed by atoms with Gasteiger partial charge in [0.25, 0.3) is 0 Å². The summed E-state index contributed by atoms with van der Waals surface area (Å²) in [5.41, 5.74) is 1.13. The van der Waals surface area contributed by atoms with Crippen LogP contribution in [0.2, 0.25) is 18.1 Å². The van der Waals surface area contributed by atoms with Crippen molar-refractivity contribution < 1.29 is 13.9 Å². The zero-order valence-electron chi connectivity index (χ0n) is 13.6. The molecule has 1 aromatic rings. The van der Waals surface area contributed by atoms with Crippen molar-refractivity contribution in [1.29, 1.82) is 0 Å². The molecule has 1 atom stereocenters. The lowest BCUT2D eigenvalue weighted by molar-refractivity contribution is -0.0870. The van der Waals surface area contributed by atoms with E-state index in [1.807, 2.05) is 18.2 Å². The molecule has 0 heterocycles. The van der Waals surface area contributed by atoms with Crippen molar-refractivity contribution >= 4 is 8.32 Å². The van der Waals surface area contributed by atoms with E-state index in [9.17, 15) is 0 Å². The van der Waals surface area contributed by atoms with Crippen LogP contribution in [0.5, 0.6) is 0 Å². The average molecular weight is 296 g/mol. The van der Waals surface area contributed by atoms with Crippen LogP contribution in [0, 0.1) is 0 Å². The number of hydrogen-bond donors (Lipinski definition) is 0. The Morgan fingerprint density at radius 1 is 1.10 bits per heavy atom. The molecule has 0 amide bonds. The van der Waals surface area contributed by atoms with Gasteiger partial charge in [0.1, 0.15) is 12.9 Å². The molecule has 114 valence electrons. The van der Waals surface area contributed by atoms with Crippen molar-refractivity contribution in [3.05, 3.63) is 35.9 Å². The van der Waals surface area contributed by atoms with Gasteiger partial charge in [-0.1, -0.05) is 51.1 Å². The maximum Gasteiger partial charge on any atom is 0.192 e. The quantitative estimate of drug-likeness (QED) is 0.552. The molecule has 0 aliphatic rings. The van der Waals surface area contributed by atoms with Crippen LogP contribution < -0.4 is 0 Å². The molecule has 4 heteroatoms. The topological polar surface area (TPSA) is 27.7 Å². The van der Waals surface area contributed by atoms with E-state index in [0.29, 0.717) is 6.61 Å². The van der Waals surface area contributed by atoms with Gasteiger partial charge in [-0.3, -0.25) is 0 Å². The first-order chi connectivity index (χ1) is 9.28. The standard InChI is InChI=1S/C16H28O3Si/c1-16(2,3)20(5,6)19-12-15(18-13-17-4)14-10-8-7-9-11-14/h7-11,15H,12-13H2,1-6H3. The molecule has 0 aliphatic heterocycles. The van der Waals surface area contributed by atoms with E-state index in [-0.39, 0.29) is 17.9 Å². The Hall–Kier alpha value is -0.683. The van der Waals surface area contributed by atoms with Crippen LogP contribution in [0.1, 0.15) is 32.4 Å². The Morgan fingerprint density at radius 3 is 2.20 bits per heavy atom. The van der Waals surface area contributed by atoms with E-state index >= 15 is 0 Å². The maximum absolute atomic E-state index is 6.27. The van der Waals surface area contributed by atoms with Crippen molar-refractivity contribution in [3.8, 4) is 0 Å². The molecule has 0 radical (unpaired) electrons. The minimum Gasteiger partial charge on any atom is -0.414 e. The first-order valence-electron chi connectivity index (χ1n) is 7.07. The molecule has 0 N–H and O–H groups in total. The highest BCUT2D eigenvalue weighted by Crippen LogP contribution is 2.37. The zero-order valence-corrected chi connectivity index (χ0v) is 14.6. The predicted molar refractivity (Wildman–Crippen MR) is 85.3 cm³/mol. The number of benzene rings is 1. The molecular weight excluding hydrogens is 268 g/mol. The van der Waals surface area contributed by atoms with Crippen LogP contribution >= 0.6 is 0 Å². The van der Waals surface area contributed by atoms with Gasteiger partial charge in [-0.25, -0.2) is 0 Å². The molecule has 0 fully saturated rings. The molecule has 20 heavy (non-hydrogen) atoms. The lowest BCUT2D eigenvalue weighted by atomic mass is 10.1. The molecule has 0 saturated heterocycles. The van der Waals surface area contributed by atoms with Gasteiger partial charge in [-0.05, 0) is 23.7 Å². The summed E-state index contributed by atoms with van der Waals surface area (Å²) in [7, 11) is -0.125. The van der Waals surface area contributed by atoms with Gasteiger partial charge in [-0.2, -0.15) is 0 Å². The molecular formula is C16H28O3Si. The Balaban J connectivity index is 2.72. The van der Waals surface area contributed by atoms with Gasteiger partial charge in [0, 0.05) is 7.11 Å². The highest BCUT2D eigenvalue weighted by molar-refractivity contribution is 6.74. The Labute approximate surface area is 124 Å². The summed E-state index contributed by atoms with van der Waals surface area (Å²) in [6.07, 6.45) is -0.0784. The minimum absolute atomic E-state index is 0.0784. The maximum atomic E-state index is 6.27. The first-order valence-corrected chi connectivity index (χ1v) is 9.98. The summed E-state index contributed by atoms with van der Waals surface area (Å²) in [5, 5.41) is 0.204. The molecule has 1 unspecified atom stereocenters. The largest absolute Gasteiger partial charge is 0.414 e. The van der Waals surface area contributed by atoms with Crippen LogP contribution in [0.4, 0.5) is 0 Å². The Kier molecular flexibility index (Phi) is 6.39. The second-order valence-electron chi connectivity index (χ2n) is 6.54. The second kappa shape index (κ2) is 7.36. The normalized spacial score (nSPS) is 14.3. The van der Waals surface area contributed by atoms with E-state index in [1.54, 1.807) is 7.11 Å². The lowest BCUT2D eigenvalue weighted by Crippen LogP contribution is -2.42. The summed E-state index contributed by atoms with van der Waals surface area (Å²) in [6.45, 7) is 12.1. The van der Waals surface area contributed by atoms with Gasteiger partial charge in [-0.15, -0.1) is 0 Å². The molecule has 3 nitrogen and oxygen atoms in total. The average Bonchev–Trinajstić information content (AvgIpc) is 2.38. The number of hydrogen-bond acceptors (Lipinski definition) is 3. The van der Waals surface area contributed by atoms with E-state index < -0.39 is 8.32 Å². The molecule has 0 bridgehead atoms. The summed E-state index contributed by atoms with van der Waals surface area (Å²) in [4.78, 5) is 0. The third kappa shape index (κ3) is 5.02. The minimum atomic E-state index is -1.76. The first kappa shape index (κ1) is 17.4. The highest BCUT2D eigenvalue weighted by Gasteiger charge is 2.37. The zero-order chi connectivity index (χ0) is 15.2. The van der Waals surface area contributed by atoms with E-state index in [0.717, 1.165) is 5.56 Å². The second-order valence-corrected chi connectivity index (χ2v) is 11.4. The van der Waals surface area contributed by atoms with Crippen LogP contribution in [-0.4, -0.2) is 28.8 Å². The fourth-order valence-electron chi connectivity index (χ4n) is 1.56. The summed E-state index contributed by atoms with van der Waals surface area (Å²) < 4.78 is 17.1. The van der Waals surface area contributed by atoms with Crippen LogP contribution in [0.3, 0.4) is 0 Å². The molecule has 0 spiro atoms. The Morgan fingerprint density at radius 2 is 1.70 bits per heavy atom. The van der Waals surface area contributed by atoms with Gasteiger partial charge in [0.15, 0.2) is 8.32 Å². The smallest absolute Gasteiger partial charge is 0.192 e. The summed E-state index contributed by atoms with van der Waals surface area (Å²) in [5.74, 6) is 0. The van der Waals surface area contributed by atoms with Crippen molar-refractivity contribution in [2.75, 3.05) is 20.5 Å². The van der Waals surface area contributed by atoms with Gasteiger partial charge in [0.2, 0.25) is 0 Å². The number of rotatable bonds is 7. The third-order valence-electron chi connectivity index (χ3n) is 3.96. The SMILES string of the molecule is COCOC(CO[Si](C)(C)C(C)(C)C)c1ccccc1. The molecule has 0 aromatic heterocycles. The predicted octanol–water partition coefficient (Wildman–Crippen LogP) is 4.37. The van der Waals surface area contributed by atoms with Crippen LogP contribution in [-0.2, 0) is 13.9 Å². The molecule has 1 aromatic carbocycles. The van der Waals surface area contributed by atoms with Crippen molar-refractivity contribution in [2.45, 2.75) is 45.0 Å². The fraction of sp³-hybridized carbons (Fsp3) is 0.625. The summed E-state index contributed by atoms with van der Waals surface area (Å²) in [6, 6.07) is 10.2. The van der Waals surface area contributed by atoms with Crippen LogP contribution in [0.15, 0.2) is 30.3 Å². The van der Waals surface area contributed by atoms with E-state index in [2.05, 4.69) is 46.0 Å². The van der Waals surface area contributed by atoms with Gasteiger partial charge in [0.05, 0.1) is 6.61 Å². The molecule has 0 aliphatic carbocycles. The monoisotopic (exact) mass is 296 g/mol. The van der Waals surface area contributed by atoms with Gasteiger partial charge < -0.3 is 13.9 Å². The van der Waals surface area contributed by atoms with E-state index in [4.69, 9.17) is 13.9 Å². The number of ether oxygens (including phenoxy) is 2. The number of methoxy groups -OCH3 is 1. The van der Waals surface area contributed by atoms with Gasteiger partial charge >= 0.3 is 0 Å². The van der Waals surface area contributed by atoms with Crippen molar-refractivity contribution in [2.24, 2.45) is 0 Å². The lowest BCUT2D eigenvalue weighted by Gasteiger charge is -2.37. The fourth-order valence-corrected chi connectivity index (χ4v) is 2.56.